The first-order valence-corrected chi connectivity index (χ1v) is 12.6. The van der Waals surface area contributed by atoms with Gasteiger partial charge >= 0.3 is 12.1 Å². The predicted octanol–water partition coefficient (Wildman–Crippen LogP) is 4.98. The van der Waals surface area contributed by atoms with E-state index in [0.29, 0.717) is 55.5 Å². The molecule has 2 aromatic carbocycles. The Morgan fingerprint density at radius 3 is 2.33 bits per heavy atom. The van der Waals surface area contributed by atoms with Gasteiger partial charge in [-0.3, -0.25) is 9.59 Å². The smallest absolute Gasteiger partial charge is 0.433 e. The lowest BCUT2D eigenvalue weighted by Gasteiger charge is -2.26. The summed E-state index contributed by atoms with van der Waals surface area (Å²) < 4.78 is 41.4. The number of hydrogen-bond donors (Lipinski definition) is 2. The highest BCUT2D eigenvalue weighted by atomic mass is 19.4. The Bertz CT molecular complexity index is 1370. The van der Waals surface area contributed by atoms with Gasteiger partial charge in [0.25, 0.3) is 0 Å². The number of nitrogens with zero attached hydrogens (tertiary/aromatic N) is 3. The number of rotatable bonds is 9. The van der Waals surface area contributed by atoms with Crippen LogP contribution in [-0.2, 0) is 28.6 Å². The van der Waals surface area contributed by atoms with Crippen LogP contribution < -0.4 is 10.2 Å². The van der Waals surface area contributed by atoms with E-state index in [1.165, 1.54) is 0 Å². The molecule has 7 nitrogen and oxygen atoms in total. The monoisotopic (exact) mass is 536 g/mol. The number of pyridine rings is 1. The van der Waals surface area contributed by atoms with Crippen LogP contribution in [-0.4, -0.2) is 41.1 Å². The third-order valence-electron chi connectivity index (χ3n) is 6.66. The van der Waals surface area contributed by atoms with Crippen LogP contribution in [0.5, 0.6) is 0 Å². The molecule has 1 aliphatic rings. The average Bonchev–Trinajstić information content (AvgIpc) is 3.42. The third-order valence-corrected chi connectivity index (χ3v) is 6.66. The maximum atomic E-state index is 13.8. The second-order valence-electron chi connectivity index (χ2n) is 9.39. The van der Waals surface area contributed by atoms with Crippen LogP contribution in [0.2, 0.25) is 0 Å². The molecule has 4 rings (SSSR count). The molecule has 0 spiro atoms. The molecule has 202 valence electrons. The zero-order valence-corrected chi connectivity index (χ0v) is 21.0. The van der Waals surface area contributed by atoms with Gasteiger partial charge in [-0.1, -0.05) is 36.4 Å². The SMILES string of the molecule is N#Cc1ccc(CCNC(=O)C2CCCN2c2cc(-c3ccc(CCC(=O)O)cc3)cc(C(F)(F)F)n2)cc1. The number of benzene rings is 2. The lowest BCUT2D eigenvalue weighted by atomic mass is 10.0. The second-order valence-corrected chi connectivity index (χ2v) is 9.39. The summed E-state index contributed by atoms with van der Waals surface area (Å²) in [7, 11) is 0. The van der Waals surface area contributed by atoms with E-state index < -0.39 is 23.9 Å². The number of aryl methyl sites for hydroxylation is 1. The van der Waals surface area contributed by atoms with Crippen LogP contribution in [0.3, 0.4) is 0 Å². The average molecular weight is 537 g/mol. The number of halogens is 3. The van der Waals surface area contributed by atoms with Crippen LogP contribution in [0.4, 0.5) is 19.0 Å². The molecule has 1 aliphatic heterocycles. The number of hydrogen-bond acceptors (Lipinski definition) is 5. The summed E-state index contributed by atoms with van der Waals surface area (Å²) in [5.74, 6) is -1.12. The largest absolute Gasteiger partial charge is 0.481 e. The molecule has 3 aromatic rings. The van der Waals surface area contributed by atoms with Gasteiger partial charge in [0.2, 0.25) is 5.91 Å². The lowest BCUT2D eigenvalue weighted by Crippen LogP contribution is -2.44. The molecule has 1 amide bonds. The third kappa shape index (κ3) is 7.13. The van der Waals surface area contributed by atoms with Gasteiger partial charge in [-0.05, 0) is 72.2 Å². The van der Waals surface area contributed by atoms with Crippen molar-refractivity contribution >= 4 is 17.7 Å². The number of aliphatic carboxylic acids is 1. The molecule has 1 aromatic heterocycles. The number of alkyl halides is 3. The zero-order chi connectivity index (χ0) is 28.0. The van der Waals surface area contributed by atoms with Crippen molar-refractivity contribution in [2.24, 2.45) is 0 Å². The standard InChI is InChI=1S/C29H27F3N4O3/c30-29(31,32)25-16-23(22-10-7-19(8-11-22)9-12-27(37)38)17-26(35-25)36-15-1-2-24(36)28(39)34-14-13-20-3-5-21(18-33)6-4-20/h3-8,10-11,16-17,24H,1-2,9,12-15H2,(H,34,39)(H,37,38). The molecule has 0 bridgehead atoms. The van der Waals surface area contributed by atoms with Gasteiger partial charge in [-0.15, -0.1) is 0 Å². The van der Waals surface area contributed by atoms with Gasteiger partial charge in [0, 0.05) is 19.5 Å². The summed E-state index contributed by atoms with van der Waals surface area (Å²) in [5, 5.41) is 20.7. The Morgan fingerprint density at radius 1 is 1.03 bits per heavy atom. The highest BCUT2D eigenvalue weighted by Crippen LogP contribution is 2.35. The number of amides is 1. The normalized spacial score (nSPS) is 15.1. The van der Waals surface area contributed by atoms with Gasteiger partial charge < -0.3 is 15.3 Å². The fraction of sp³-hybridized carbons (Fsp3) is 0.310. The number of carboxylic acids is 1. The molecule has 2 heterocycles. The molecule has 1 unspecified atom stereocenters. The first-order chi connectivity index (χ1) is 18.6. The van der Waals surface area contributed by atoms with Gasteiger partial charge in [-0.2, -0.15) is 18.4 Å². The van der Waals surface area contributed by atoms with Crippen molar-refractivity contribution in [2.75, 3.05) is 18.0 Å². The number of aromatic nitrogens is 1. The van der Waals surface area contributed by atoms with E-state index in [0.717, 1.165) is 17.2 Å². The van der Waals surface area contributed by atoms with Gasteiger partial charge in [0.15, 0.2) is 0 Å². The minimum absolute atomic E-state index is 0.0388. The predicted molar refractivity (Wildman–Crippen MR) is 139 cm³/mol. The van der Waals surface area contributed by atoms with Crippen molar-refractivity contribution in [1.82, 2.24) is 10.3 Å². The molecule has 10 heteroatoms. The quantitative estimate of drug-likeness (QED) is 0.399. The van der Waals surface area contributed by atoms with Crippen molar-refractivity contribution in [2.45, 2.75) is 44.3 Å². The lowest BCUT2D eigenvalue weighted by molar-refractivity contribution is -0.141. The van der Waals surface area contributed by atoms with E-state index in [2.05, 4.69) is 16.4 Å². The Balaban J connectivity index is 1.51. The van der Waals surface area contributed by atoms with Crippen LogP contribution in [0.15, 0.2) is 60.7 Å². The van der Waals surface area contributed by atoms with E-state index in [1.54, 1.807) is 47.4 Å². The van der Waals surface area contributed by atoms with Crippen molar-refractivity contribution in [1.29, 1.82) is 5.26 Å². The van der Waals surface area contributed by atoms with Gasteiger partial charge in [0.05, 0.1) is 11.6 Å². The summed E-state index contributed by atoms with van der Waals surface area (Å²) in [6, 6.07) is 17.7. The number of carboxylic acid groups (broad SMARTS) is 1. The summed E-state index contributed by atoms with van der Waals surface area (Å²) in [6.07, 6.45) is -2.71. The first-order valence-electron chi connectivity index (χ1n) is 12.6. The van der Waals surface area contributed by atoms with Crippen LogP contribution in [0.1, 0.15) is 41.6 Å². The number of anilines is 1. The van der Waals surface area contributed by atoms with Gasteiger partial charge in [-0.25, -0.2) is 4.98 Å². The summed E-state index contributed by atoms with van der Waals surface area (Å²) in [6.45, 7) is 0.750. The molecular weight excluding hydrogens is 509 g/mol. The number of carbonyl (C=O) groups is 2. The molecule has 1 saturated heterocycles. The fourth-order valence-electron chi connectivity index (χ4n) is 4.60. The Hall–Kier alpha value is -4.39. The number of carbonyl (C=O) groups excluding carboxylic acids is 1. The van der Waals surface area contributed by atoms with Crippen molar-refractivity contribution in [3.63, 3.8) is 0 Å². The molecule has 1 fully saturated rings. The van der Waals surface area contributed by atoms with E-state index in [-0.39, 0.29) is 18.1 Å². The minimum atomic E-state index is -4.68. The molecule has 1 atom stereocenters. The molecule has 0 aliphatic carbocycles. The summed E-state index contributed by atoms with van der Waals surface area (Å²) in [5.41, 5.74) is 2.07. The number of nitrogens with one attached hydrogen (secondary N) is 1. The molecule has 2 N–H and O–H groups in total. The molecule has 39 heavy (non-hydrogen) atoms. The van der Waals surface area contributed by atoms with E-state index in [1.807, 2.05) is 12.1 Å². The summed E-state index contributed by atoms with van der Waals surface area (Å²) in [4.78, 5) is 29.3. The highest BCUT2D eigenvalue weighted by molar-refractivity contribution is 5.86. The molecular formula is C29H27F3N4O3. The highest BCUT2D eigenvalue weighted by Gasteiger charge is 2.36. The molecule has 0 saturated carbocycles. The summed E-state index contributed by atoms with van der Waals surface area (Å²) >= 11 is 0. The zero-order valence-electron chi connectivity index (χ0n) is 21.0. The number of nitriles is 1. The Kier molecular flexibility index (Phi) is 8.49. The van der Waals surface area contributed by atoms with Crippen LogP contribution in [0, 0.1) is 11.3 Å². The Labute approximate surface area is 223 Å². The van der Waals surface area contributed by atoms with E-state index >= 15 is 0 Å². The van der Waals surface area contributed by atoms with E-state index in [9.17, 15) is 22.8 Å². The first kappa shape index (κ1) is 27.6. The van der Waals surface area contributed by atoms with Crippen LogP contribution in [0.25, 0.3) is 11.1 Å². The minimum Gasteiger partial charge on any atom is -0.481 e. The maximum absolute atomic E-state index is 13.8. The topological polar surface area (TPSA) is 106 Å². The Morgan fingerprint density at radius 2 is 1.69 bits per heavy atom. The van der Waals surface area contributed by atoms with E-state index in [4.69, 9.17) is 10.4 Å². The van der Waals surface area contributed by atoms with Crippen molar-refractivity contribution < 1.29 is 27.9 Å². The van der Waals surface area contributed by atoms with Crippen LogP contribution >= 0.6 is 0 Å². The maximum Gasteiger partial charge on any atom is 0.433 e. The fourth-order valence-corrected chi connectivity index (χ4v) is 4.60. The second kappa shape index (κ2) is 12.0. The van der Waals surface area contributed by atoms with Crippen molar-refractivity contribution in [3.8, 4) is 17.2 Å². The molecule has 0 radical (unpaired) electrons. The van der Waals surface area contributed by atoms with Gasteiger partial charge in [0.1, 0.15) is 17.6 Å². The van der Waals surface area contributed by atoms with Crippen molar-refractivity contribution in [3.05, 3.63) is 83.0 Å².